The van der Waals surface area contributed by atoms with Crippen molar-refractivity contribution in [2.75, 3.05) is 13.2 Å². The number of rotatable bonds is 8. The Morgan fingerprint density at radius 1 is 1.50 bits per heavy atom. The van der Waals surface area contributed by atoms with E-state index in [0.717, 1.165) is 25.5 Å². The molecule has 0 aliphatic heterocycles. The van der Waals surface area contributed by atoms with Crippen LogP contribution >= 0.6 is 0 Å². The molecule has 0 spiro atoms. The monoisotopic (exact) mass is 253 g/mol. The van der Waals surface area contributed by atoms with Gasteiger partial charge in [0, 0.05) is 12.6 Å². The molecule has 1 aliphatic rings. The van der Waals surface area contributed by atoms with Crippen LogP contribution in [0.4, 0.5) is 0 Å². The lowest BCUT2D eigenvalue weighted by Crippen LogP contribution is -2.54. The maximum absolute atomic E-state index is 6.24. The minimum atomic E-state index is 0.0375. The summed E-state index contributed by atoms with van der Waals surface area (Å²) in [5.41, 5.74) is 0.0375. The van der Waals surface area contributed by atoms with Gasteiger partial charge >= 0.3 is 0 Å². The Hall–Kier alpha value is -0.340. The predicted octanol–water partition coefficient (Wildman–Crippen LogP) is 3.92. The zero-order chi connectivity index (χ0) is 13.4. The van der Waals surface area contributed by atoms with Crippen LogP contribution in [0.15, 0.2) is 12.7 Å². The average molecular weight is 253 g/mol. The molecular formula is C16H31NO. The van der Waals surface area contributed by atoms with E-state index in [-0.39, 0.29) is 5.60 Å². The zero-order valence-electron chi connectivity index (χ0n) is 12.5. The molecule has 0 bridgehead atoms. The van der Waals surface area contributed by atoms with E-state index in [0.29, 0.717) is 6.04 Å². The molecule has 3 unspecified atom stereocenters. The van der Waals surface area contributed by atoms with E-state index in [1.807, 2.05) is 6.08 Å². The van der Waals surface area contributed by atoms with Crippen molar-refractivity contribution in [3.05, 3.63) is 12.7 Å². The van der Waals surface area contributed by atoms with Gasteiger partial charge in [0.05, 0.1) is 5.60 Å². The van der Waals surface area contributed by atoms with Crippen molar-refractivity contribution < 1.29 is 4.74 Å². The minimum absolute atomic E-state index is 0.0375. The zero-order valence-corrected chi connectivity index (χ0v) is 12.5. The van der Waals surface area contributed by atoms with E-state index in [1.54, 1.807) is 0 Å². The number of ether oxygens (including phenoxy) is 1. The van der Waals surface area contributed by atoms with E-state index in [2.05, 4.69) is 32.7 Å². The Morgan fingerprint density at radius 3 is 2.83 bits per heavy atom. The van der Waals surface area contributed by atoms with Crippen LogP contribution in [0, 0.1) is 5.92 Å². The molecule has 1 rings (SSSR count). The molecule has 0 aromatic carbocycles. The molecule has 2 heteroatoms. The molecule has 1 saturated carbocycles. The summed E-state index contributed by atoms with van der Waals surface area (Å²) in [7, 11) is 0. The molecule has 2 nitrogen and oxygen atoms in total. The highest BCUT2D eigenvalue weighted by molar-refractivity contribution is 4.99. The summed E-state index contributed by atoms with van der Waals surface area (Å²) in [6.45, 7) is 12.5. The van der Waals surface area contributed by atoms with Crippen molar-refractivity contribution in [3.8, 4) is 0 Å². The summed E-state index contributed by atoms with van der Waals surface area (Å²) in [5, 5.41) is 3.69. The van der Waals surface area contributed by atoms with Gasteiger partial charge in [-0.3, -0.25) is 0 Å². The molecule has 0 aromatic heterocycles. The van der Waals surface area contributed by atoms with Crippen LogP contribution in [0.5, 0.6) is 0 Å². The lowest BCUT2D eigenvalue weighted by atomic mass is 9.73. The van der Waals surface area contributed by atoms with Crippen molar-refractivity contribution in [2.24, 2.45) is 5.92 Å². The van der Waals surface area contributed by atoms with Gasteiger partial charge in [-0.2, -0.15) is 0 Å². The fourth-order valence-corrected chi connectivity index (χ4v) is 3.35. The summed E-state index contributed by atoms with van der Waals surface area (Å²) in [6, 6.07) is 0.428. The van der Waals surface area contributed by atoms with Crippen LogP contribution in [0.3, 0.4) is 0 Å². The van der Waals surface area contributed by atoms with Crippen LogP contribution < -0.4 is 5.32 Å². The SMILES string of the molecule is C=CCC(NCCC)C1(OCC)CCCC(C)C1. The van der Waals surface area contributed by atoms with Crippen molar-refractivity contribution in [2.45, 2.75) is 70.9 Å². The molecule has 0 saturated heterocycles. The standard InChI is InChI=1S/C16H31NO/c1-5-9-15(17-12-6-2)16(18-7-3)11-8-10-14(4)13-16/h5,14-15,17H,1,6-13H2,2-4H3. The third kappa shape index (κ3) is 4.10. The first-order valence-electron chi connectivity index (χ1n) is 7.66. The molecule has 0 radical (unpaired) electrons. The summed E-state index contributed by atoms with van der Waals surface area (Å²) < 4.78 is 6.24. The van der Waals surface area contributed by atoms with E-state index in [9.17, 15) is 0 Å². The quantitative estimate of drug-likeness (QED) is 0.662. The first-order chi connectivity index (χ1) is 8.68. The molecule has 0 heterocycles. The molecule has 1 fully saturated rings. The van der Waals surface area contributed by atoms with Gasteiger partial charge in [-0.05, 0) is 45.1 Å². The van der Waals surface area contributed by atoms with Gasteiger partial charge in [0.1, 0.15) is 0 Å². The van der Waals surface area contributed by atoms with E-state index < -0.39 is 0 Å². The van der Waals surface area contributed by atoms with Gasteiger partial charge in [-0.25, -0.2) is 0 Å². The molecule has 0 aromatic rings. The average Bonchev–Trinajstić information content (AvgIpc) is 2.34. The molecule has 18 heavy (non-hydrogen) atoms. The van der Waals surface area contributed by atoms with Crippen LogP contribution in [-0.4, -0.2) is 24.8 Å². The Balaban J connectivity index is 2.79. The molecule has 106 valence electrons. The highest BCUT2D eigenvalue weighted by atomic mass is 16.5. The van der Waals surface area contributed by atoms with Gasteiger partial charge in [-0.15, -0.1) is 6.58 Å². The van der Waals surface area contributed by atoms with E-state index in [1.165, 1.54) is 32.1 Å². The Kier molecular flexibility index (Phi) is 6.95. The van der Waals surface area contributed by atoms with Gasteiger partial charge in [0.2, 0.25) is 0 Å². The van der Waals surface area contributed by atoms with E-state index >= 15 is 0 Å². The molecule has 3 atom stereocenters. The highest BCUT2D eigenvalue weighted by Gasteiger charge is 2.41. The first kappa shape index (κ1) is 15.7. The van der Waals surface area contributed by atoms with Gasteiger partial charge in [0.25, 0.3) is 0 Å². The summed E-state index contributed by atoms with van der Waals surface area (Å²) in [6.07, 6.45) is 9.24. The maximum atomic E-state index is 6.24. The number of nitrogens with one attached hydrogen (secondary N) is 1. The second-order valence-electron chi connectivity index (χ2n) is 5.73. The Labute approximate surface area is 113 Å². The second kappa shape index (κ2) is 7.96. The Morgan fingerprint density at radius 2 is 2.28 bits per heavy atom. The van der Waals surface area contributed by atoms with Crippen LogP contribution in [-0.2, 0) is 4.74 Å². The second-order valence-corrected chi connectivity index (χ2v) is 5.73. The molecular weight excluding hydrogens is 222 g/mol. The normalized spacial score (nSPS) is 30.1. The number of hydrogen-bond donors (Lipinski definition) is 1. The fourth-order valence-electron chi connectivity index (χ4n) is 3.35. The summed E-state index contributed by atoms with van der Waals surface area (Å²) >= 11 is 0. The molecule has 1 aliphatic carbocycles. The first-order valence-corrected chi connectivity index (χ1v) is 7.66. The number of hydrogen-bond acceptors (Lipinski definition) is 2. The van der Waals surface area contributed by atoms with Gasteiger partial charge in [0.15, 0.2) is 0 Å². The van der Waals surface area contributed by atoms with E-state index in [4.69, 9.17) is 4.74 Å². The fraction of sp³-hybridized carbons (Fsp3) is 0.875. The van der Waals surface area contributed by atoms with Crippen LogP contribution in [0.1, 0.15) is 59.3 Å². The van der Waals surface area contributed by atoms with Crippen molar-refractivity contribution >= 4 is 0 Å². The lowest BCUT2D eigenvalue weighted by Gasteiger charge is -2.45. The largest absolute Gasteiger partial charge is 0.374 e. The molecule has 1 N–H and O–H groups in total. The van der Waals surface area contributed by atoms with Crippen molar-refractivity contribution in [1.82, 2.24) is 5.32 Å². The maximum Gasteiger partial charge on any atom is 0.0840 e. The van der Waals surface area contributed by atoms with Gasteiger partial charge < -0.3 is 10.1 Å². The summed E-state index contributed by atoms with van der Waals surface area (Å²) in [5.74, 6) is 0.779. The summed E-state index contributed by atoms with van der Waals surface area (Å²) in [4.78, 5) is 0. The lowest BCUT2D eigenvalue weighted by molar-refractivity contribution is -0.0995. The third-order valence-electron chi connectivity index (χ3n) is 4.10. The minimum Gasteiger partial charge on any atom is -0.374 e. The van der Waals surface area contributed by atoms with Gasteiger partial charge in [-0.1, -0.05) is 32.8 Å². The predicted molar refractivity (Wildman–Crippen MR) is 78.9 cm³/mol. The van der Waals surface area contributed by atoms with Crippen LogP contribution in [0.25, 0.3) is 0 Å². The molecule has 0 amide bonds. The van der Waals surface area contributed by atoms with Crippen LogP contribution in [0.2, 0.25) is 0 Å². The topological polar surface area (TPSA) is 21.3 Å². The highest BCUT2D eigenvalue weighted by Crippen LogP contribution is 2.38. The van der Waals surface area contributed by atoms with Crippen molar-refractivity contribution in [3.63, 3.8) is 0 Å². The Bertz CT molecular complexity index is 237. The smallest absolute Gasteiger partial charge is 0.0840 e. The van der Waals surface area contributed by atoms with Crippen molar-refractivity contribution in [1.29, 1.82) is 0 Å². The third-order valence-corrected chi connectivity index (χ3v) is 4.10.